The van der Waals surface area contributed by atoms with E-state index in [-0.39, 0.29) is 0 Å². The van der Waals surface area contributed by atoms with Crippen molar-refractivity contribution in [3.8, 4) is 0 Å². The molecular weight excluding hydrogens is 224 g/mol. The highest BCUT2D eigenvalue weighted by Gasteiger charge is 2.09. The van der Waals surface area contributed by atoms with Gasteiger partial charge in [-0.15, -0.1) is 0 Å². The summed E-state index contributed by atoms with van der Waals surface area (Å²) < 4.78 is 0. The van der Waals surface area contributed by atoms with E-state index in [9.17, 15) is 0 Å². The lowest BCUT2D eigenvalue weighted by atomic mass is 10.2. The summed E-state index contributed by atoms with van der Waals surface area (Å²) in [4.78, 5) is 9.08. The quantitative estimate of drug-likeness (QED) is 0.697. The van der Waals surface area contributed by atoms with Crippen LogP contribution in [-0.2, 0) is 6.54 Å². The second-order valence-corrected chi connectivity index (χ2v) is 4.85. The molecule has 0 bridgehead atoms. The molecule has 2 N–H and O–H groups in total. The molecule has 1 rings (SSSR count). The minimum atomic E-state index is 0.371. The molecule has 0 spiro atoms. The van der Waals surface area contributed by atoms with Crippen molar-refractivity contribution < 1.29 is 0 Å². The zero-order valence-corrected chi connectivity index (χ0v) is 12.1. The summed E-state index contributed by atoms with van der Waals surface area (Å²) in [5.74, 6) is 1.29. The van der Waals surface area contributed by atoms with Crippen LogP contribution in [0.3, 0.4) is 0 Å². The summed E-state index contributed by atoms with van der Waals surface area (Å²) in [6, 6.07) is 0. The number of nitrogens with one attached hydrogen (secondary N) is 2. The minimum Gasteiger partial charge on any atom is -0.382 e. The molecule has 0 atom stereocenters. The zero-order valence-electron chi connectivity index (χ0n) is 12.1. The average molecular weight is 250 g/mol. The fourth-order valence-corrected chi connectivity index (χ4v) is 1.64. The van der Waals surface area contributed by atoms with Crippen molar-refractivity contribution in [3.05, 3.63) is 17.7 Å². The fourth-order valence-electron chi connectivity index (χ4n) is 1.64. The molecular formula is C14H26N4. The van der Waals surface area contributed by atoms with Gasteiger partial charge in [0.05, 0.1) is 17.6 Å². The number of aromatic nitrogens is 2. The molecule has 18 heavy (non-hydrogen) atoms. The topological polar surface area (TPSA) is 49.8 Å². The lowest BCUT2D eigenvalue weighted by Gasteiger charge is -2.13. The number of hydrogen-bond acceptors (Lipinski definition) is 4. The van der Waals surface area contributed by atoms with E-state index in [0.29, 0.717) is 5.92 Å². The Labute approximate surface area is 111 Å². The van der Waals surface area contributed by atoms with E-state index in [1.807, 2.05) is 6.20 Å². The Balaban J connectivity index is 2.80. The Kier molecular flexibility index (Phi) is 6.65. The van der Waals surface area contributed by atoms with E-state index < -0.39 is 0 Å². The Hall–Kier alpha value is -1.16. The average Bonchev–Trinajstić information content (AvgIpc) is 2.37. The molecule has 0 amide bonds. The predicted molar refractivity (Wildman–Crippen MR) is 76.9 cm³/mol. The van der Waals surface area contributed by atoms with Gasteiger partial charge < -0.3 is 10.6 Å². The largest absolute Gasteiger partial charge is 0.382 e. The van der Waals surface area contributed by atoms with Crippen LogP contribution in [0.1, 0.15) is 58.0 Å². The number of nitrogens with zero attached hydrogens (tertiary/aromatic N) is 2. The maximum Gasteiger partial charge on any atom is 0.131 e. The highest BCUT2D eigenvalue weighted by atomic mass is 15.0. The first kappa shape index (κ1) is 14.9. The molecule has 0 aromatic carbocycles. The van der Waals surface area contributed by atoms with Gasteiger partial charge in [0, 0.05) is 19.0 Å². The second kappa shape index (κ2) is 8.03. The van der Waals surface area contributed by atoms with Gasteiger partial charge in [0.2, 0.25) is 0 Å². The molecule has 4 heteroatoms. The molecule has 0 saturated heterocycles. The van der Waals surface area contributed by atoms with Crippen molar-refractivity contribution in [2.24, 2.45) is 0 Å². The van der Waals surface area contributed by atoms with Crippen LogP contribution in [0, 0.1) is 0 Å². The summed E-state index contributed by atoms with van der Waals surface area (Å²) in [6.07, 6.45) is 4.16. The maximum atomic E-state index is 4.66. The number of hydrogen-bond donors (Lipinski definition) is 2. The zero-order chi connectivity index (χ0) is 13.4. The van der Waals surface area contributed by atoms with Crippen molar-refractivity contribution in [1.29, 1.82) is 0 Å². The third-order valence-electron chi connectivity index (χ3n) is 2.69. The first-order chi connectivity index (χ1) is 8.69. The molecule has 0 aliphatic heterocycles. The van der Waals surface area contributed by atoms with E-state index in [4.69, 9.17) is 0 Å². The Morgan fingerprint density at radius 2 is 1.89 bits per heavy atom. The molecule has 0 fully saturated rings. The van der Waals surface area contributed by atoms with Gasteiger partial charge in [-0.3, -0.25) is 0 Å². The first-order valence-corrected chi connectivity index (χ1v) is 6.99. The van der Waals surface area contributed by atoms with Crippen LogP contribution in [0.15, 0.2) is 6.20 Å². The third-order valence-corrected chi connectivity index (χ3v) is 2.69. The summed E-state index contributed by atoms with van der Waals surface area (Å²) in [7, 11) is 0. The van der Waals surface area contributed by atoms with Crippen LogP contribution in [-0.4, -0.2) is 23.1 Å². The predicted octanol–water partition coefficient (Wildman–Crippen LogP) is 2.92. The summed E-state index contributed by atoms with van der Waals surface area (Å²) in [5.41, 5.74) is 2.14. The normalized spacial score (nSPS) is 10.9. The van der Waals surface area contributed by atoms with Crippen LogP contribution in [0.2, 0.25) is 0 Å². The lowest BCUT2D eigenvalue weighted by Crippen LogP contribution is -2.18. The molecule has 0 radical (unpaired) electrons. The summed E-state index contributed by atoms with van der Waals surface area (Å²) in [6.45, 7) is 11.4. The monoisotopic (exact) mass is 250 g/mol. The molecule has 0 aliphatic carbocycles. The number of anilines is 1. The Morgan fingerprint density at radius 3 is 2.50 bits per heavy atom. The van der Waals surface area contributed by atoms with Crippen molar-refractivity contribution in [2.45, 2.75) is 53.0 Å². The van der Waals surface area contributed by atoms with Crippen molar-refractivity contribution in [2.75, 3.05) is 18.4 Å². The standard InChI is InChI=1S/C14H26N4/c1-5-7-15-9-13-12(16-8-6-2)10-17-14(18-13)11(3)4/h10-11,15-16H,5-9H2,1-4H3. The molecule has 4 nitrogen and oxygen atoms in total. The smallest absolute Gasteiger partial charge is 0.131 e. The van der Waals surface area contributed by atoms with E-state index in [2.05, 4.69) is 48.3 Å². The summed E-state index contributed by atoms with van der Waals surface area (Å²) in [5, 5.41) is 6.80. The van der Waals surface area contributed by atoms with Crippen LogP contribution in [0.5, 0.6) is 0 Å². The number of rotatable bonds is 8. The van der Waals surface area contributed by atoms with Gasteiger partial charge >= 0.3 is 0 Å². The van der Waals surface area contributed by atoms with Crippen molar-refractivity contribution in [3.63, 3.8) is 0 Å². The van der Waals surface area contributed by atoms with Crippen LogP contribution in [0.4, 0.5) is 5.69 Å². The highest BCUT2D eigenvalue weighted by molar-refractivity contribution is 5.46. The van der Waals surface area contributed by atoms with Crippen LogP contribution < -0.4 is 10.6 Å². The molecule has 0 saturated carbocycles. The SMILES string of the molecule is CCCNCc1nc(C(C)C)ncc1NCCC. The second-order valence-electron chi connectivity index (χ2n) is 4.85. The van der Waals surface area contributed by atoms with Crippen molar-refractivity contribution >= 4 is 5.69 Å². The molecule has 1 aromatic heterocycles. The van der Waals surface area contributed by atoms with Gasteiger partial charge in [-0.1, -0.05) is 27.7 Å². The highest BCUT2D eigenvalue weighted by Crippen LogP contribution is 2.16. The van der Waals surface area contributed by atoms with Gasteiger partial charge in [0.15, 0.2) is 0 Å². The minimum absolute atomic E-state index is 0.371. The van der Waals surface area contributed by atoms with E-state index >= 15 is 0 Å². The molecule has 102 valence electrons. The molecule has 0 aliphatic rings. The van der Waals surface area contributed by atoms with Crippen LogP contribution in [0.25, 0.3) is 0 Å². The van der Waals surface area contributed by atoms with Gasteiger partial charge in [-0.05, 0) is 19.4 Å². The lowest BCUT2D eigenvalue weighted by molar-refractivity contribution is 0.653. The Morgan fingerprint density at radius 1 is 1.17 bits per heavy atom. The van der Waals surface area contributed by atoms with E-state index in [0.717, 1.165) is 49.7 Å². The third kappa shape index (κ3) is 4.61. The molecule has 0 unspecified atom stereocenters. The fraction of sp³-hybridized carbons (Fsp3) is 0.714. The van der Waals surface area contributed by atoms with Crippen LogP contribution >= 0.6 is 0 Å². The van der Waals surface area contributed by atoms with Gasteiger partial charge in [0.1, 0.15) is 5.82 Å². The van der Waals surface area contributed by atoms with Gasteiger partial charge in [0.25, 0.3) is 0 Å². The van der Waals surface area contributed by atoms with E-state index in [1.165, 1.54) is 0 Å². The Bertz CT molecular complexity index is 350. The molecule has 1 heterocycles. The maximum absolute atomic E-state index is 4.66. The molecule has 1 aromatic rings. The van der Waals surface area contributed by atoms with Gasteiger partial charge in [-0.2, -0.15) is 0 Å². The van der Waals surface area contributed by atoms with Gasteiger partial charge in [-0.25, -0.2) is 9.97 Å². The van der Waals surface area contributed by atoms with E-state index in [1.54, 1.807) is 0 Å². The van der Waals surface area contributed by atoms with Crippen molar-refractivity contribution in [1.82, 2.24) is 15.3 Å². The first-order valence-electron chi connectivity index (χ1n) is 6.99. The summed E-state index contributed by atoms with van der Waals surface area (Å²) >= 11 is 0.